The van der Waals surface area contributed by atoms with Crippen LogP contribution in [0.3, 0.4) is 0 Å². The summed E-state index contributed by atoms with van der Waals surface area (Å²) in [6.45, 7) is 1.39. The predicted octanol–water partition coefficient (Wildman–Crippen LogP) is 2.62. The Kier molecular flexibility index (Phi) is 4.18. The Bertz CT molecular complexity index is 701. The van der Waals surface area contributed by atoms with Crippen molar-refractivity contribution in [2.24, 2.45) is 0 Å². The average molecular weight is 287 g/mol. The van der Waals surface area contributed by atoms with E-state index >= 15 is 0 Å². The molecule has 2 aromatic carbocycles. The van der Waals surface area contributed by atoms with Crippen LogP contribution < -0.4 is 16.4 Å². The lowest BCUT2D eigenvalue weighted by Gasteiger charge is -2.09. The van der Waals surface area contributed by atoms with Crippen LogP contribution in [0.4, 0.5) is 21.5 Å². The van der Waals surface area contributed by atoms with Gasteiger partial charge in [-0.25, -0.2) is 4.39 Å². The molecule has 0 saturated heterocycles. The van der Waals surface area contributed by atoms with Gasteiger partial charge >= 0.3 is 0 Å². The van der Waals surface area contributed by atoms with E-state index in [1.54, 1.807) is 24.3 Å². The summed E-state index contributed by atoms with van der Waals surface area (Å²) in [7, 11) is 0. The summed E-state index contributed by atoms with van der Waals surface area (Å²) in [6.07, 6.45) is 0. The van der Waals surface area contributed by atoms with Crippen molar-refractivity contribution >= 4 is 28.9 Å². The lowest BCUT2D eigenvalue weighted by atomic mass is 10.1. The number of rotatable bonds is 3. The number of anilines is 3. The van der Waals surface area contributed by atoms with Gasteiger partial charge in [0.25, 0.3) is 5.91 Å². The second-order valence-electron chi connectivity index (χ2n) is 4.45. The highest BCUT2D eigenvalue weighted by Crippen LogP contribution is 2.18. The Morgan fingerprint density at radius 2 is 1.71 bits per heavy atom. The normalized spacial score (nSPS) is 10.0. The number of nitrogens with one attached hydrogen (secondary N) is 2. The molecule has 6 heteroatoms. The van der Waals surface area contributed by atoms with E-state index in [2.05, 4.69) is 10.6 Å². The van der Waals surface area contributed by atoms with Crippen molar-refractivity contribution in [2.75, 3.05) is 16.4 Å². The molecule has 0 radical (unpaired) electrons. The van der Waals surface area contributed by atoms with Gasteiger partial charge in [0.2, 0.25) is 5.91 Å². The Balaban J connectivity index is 2.17. The molecular weight excluding hydrogens is 273 g/mol. The van der Waals surface area contributed by atoms with Gasteiger partial charge in [-0.05, 0) is 36.4 Å². The van der Waals surface area contributed by atoms with Crippen molar-refractivity contribution in [1.82, 2.24) is 0 Å². The van der Waals surface area contributed by atoms with Crippen molar-refractivity contribution in [3.63, 3.8) is 0 Å². The van der Waals surface area contributed by atoms with Gasteiger partial charge in [0.05, 0.1) is 5.56 Å². The summed E-state index contributed by atoms with van der Waals surface area (Å²) >= 11 is 0. The van der Waals surface area contributed by atoms with Crippen LogP contribution in [0.5, 0.6) is 0 Å². The maximum absolute atomic E-state index is 13.0. The summed E-state index contributed by atoms with van der Waals surface area (Å²) < 4.78 is 13.0. The average Bonchev–Trinajstić information content (AvgIpc) is 2.37. The number of nitrogens with two attached hydrogens (primary N) is 1. The van der Waals surface area contributed by atoms with Gasteiger partial charge in [0.15, 0.2) is 0 Å². The topological polar surface area (TPSA) is 84.2 Å². The molecule has 0 bridgehead atoms. The molecule has 108 valence electrons. The molecule has 0 aromatic heterocycles. The van der Waals surface area contributed by atoms with E-state index in [1.165, 1.54) is 19.1 Å². The van der Waals surface area contributed by atoms with Gasteiger partial charge in [-0.3, -0.25) is 9.59 Å². The minimum atomic E-state index is -0.503. The first-order valence-electron chi connectivity index (χ1n) is 6.20. The SMILES string of the molecule is CC(=O)Nc1cccc(NC(=O)c2ccc(F)cc2N)c1. The van der Waals surface area contributed by atoms with E-state index < -0.39 is 11.7 Å². The van der Waals surface area contributed by atoms with Gasteiger partial charge in [0.1, 0.15) is 5.82 Å². The van der Waals surface area contributed by atoms with E-state index in [1.807, 2.05) is 0 Å². The molecule has 0 fully saturated rings. The van der Waals surface area contributed by atoms with Crippen molar-refractivity contribution in [1.29, 1.82) is 0 Å². The first-order valence-corrected chi connectivity index (χ1v) is 6.20. The third kappa shape index (κ3) is 3.79. The fourth-order valence-corrected chi connectivity index (χ4v) is 1.82. The molecule has 0 atom stereocenters. The van der Waals surface area contributed by atoms with Crippen LogP contribution in [0, 0.1) is 5.82 Å². The number of halogens is 1. The van der Waals surface area contributed by atoms with Crippen LogP contribution in [0.25, 0.3) is 0 Å². The smallest absolute Gasteiger partial charge is 0.257 e. The van der Waals surface area contributed by atoms with Gasteiger partial charge in [-0.1, -0.05) is 6.07 Å². The van der Waals surface area contributed by atoms with Crippen LogP contribution in [-0.2, 0) is 4.79 Å². The van der Waals surface area contributed by atoms with Crippen LogP contribution in [0.2, 0.25) is 0 Å². The monoisotopic (exact) mass is 287 g/mol. The van der Waals surface area contributed by atoms with Crippen molar-refractivity contribution in [3.8, 4) is 0 Å². The zero-order valence-electron chi connectivity index (χ0n) is 11.3. The van der Waals surface area contributed by atoms with Gasteiger partial charge < -0.3 is 16.4 Å². The fraction of sp³-hybridized carbons (Fsp3) is 0.0667. The quantitative estimate of drug-likeness (QED) is 0.759. The summed E-state index contributed by atoms with van der Waals surface area (Å²) in [5.74, 6) is -1.16. The number of amides is 2. The van der Waals surface area contributed by atoms with E-state index in [0.29, 0.717) is 11.4 Å². The molecule has 2 rings (SSSR count). The Labute approximate surface area is 121 Å². The molecule has 4 N–H and O–H groups in total. The molecule has 0 saturated carbocycles. The first kappa shape index (κ1) is 14.5. The van der Waals surface area contributed by atoms with Crippen LogP contribution >= 0.6 is 0 Å². The third-order valence-corrected chi connectivity index (χ3v) is 2.70. The molecular formula is C15H14FN3O2. The van der Waals surface area contributed by atoms with E-state index in [4.69, 9.17) is 5.73 Å². The van der Waals surface area contributed by atoms with E-state index in [0.717, 1.165) is 6.07 Å². The predicted molar refractivity (Wildman–Crippen MR) is 79.5 cm³/mol. The molecule has 21 heavy (non-hydrogen) atoms. The number of hydrogen-bond acceptors (Lipinski definition) is 3. The standard InChI is InChI=1S/C15H14FN3O2/c1-9(20)18-11-3-2-4-12(8-11)19-15(21)13-6-5-10(16)7-14(13)17/h2-8H,17H2,1H3,(H,18,20)(H,19,21). The maximum Gasteiger partial charge on any atom is 0.257 e. The molecule has 0 spiro atoms. The Morgan fingerprint density at radius 3 is 2.33 bits per heavy atom. The minimum Gasteiger partial charge on any atom is -0.398 e. The number of hydrogen-bond donors (Lipinski definition) is 3. The molecule has 2 aromatic rings. The lowest BCUT2D eigenvalue weighted by molar-refractivity contribution is -0.114. The van der Waals surface area contributed by atoms with Crippen LogP contribution in [0.1, 0.15) is 17.3 Å². The molecule has 0 heterocycles. The Morgan fingerprint density at radius 1 is 1.05 bits per heavy atom. The largest absolute Gasteiger partial charge is 0.398 e. The second-order valence-corrected chi connectivity index (χ2v) is 4.45. The van der Waals surface area contributed by atoms with Gasteiger partial charge in [-0.2, -0.15) is 0 Å². The zero-order valence-corrected chi connectivity index (χ0v) is 11.3. The molecule has 5 nitrogen and oxygen atoms in total. The van der Waals surface area contributed by atoms with Crippen molar-refractivity contribution in [3.05, 3.63) is 53.8 Å². The fourth-order valence-electron chi connectivity index (χ4n) is 1.82. The molecule has 0 unspecified atom stereocenters. The van der Waals surface area contributed by atoms with Crippen LogP contribution in [-0.4, -0.2) is 11.8 Å². The Hall–Kier alpha value is -2.89. The third-order valence-electron chi connectivity index (χ3n) is 2.70. The van der Waals surface area contributed by atoms with Crippen LogP contribution in [0.15, 0.2) is 42.5 Å². The maximum atomic E-state index is 13.0. The highest BCUT2D eigenvalue weighted by Gasteiger charge is 2.11. The van der Waals surface area contributed by atoms with Gasteiger partial charge in [0, 0.05) is 24.0 Å². The molecule has 2 amide bonds. The zero-order chi connectivity index (χ0) is 15.4. The lowest BCUT2D eigenvalue weighted by Crippen LogP contribution is -2.14. The van der Waals surface area contributed by atoms with E-state index in [9.17, 15) is 14.0 Å². The molecule has 0 aliphatic rings. The summed E-state index contributed by atoms with van der Waals surface area (Å²) in [6, 6.07) is 10.2. The summed E-state index contributed by atoms with van der Waals surface area (Å²) in [5.41, 5.74) is 6.91. The molecule has 0 aliphatic heterocycles. The minimum absolute atomic E-state index is 0.0607. The summed E-state index contributed by atoms with van der Waals surface area (Å²) in [4.78, 5) is 23.1. The van der Waals surface area contributed by atoms with Crippen molar-refractivity contribution < 1.29 is 14.0 Å². The second kappa shape index (κ2) is 6.04. The number of carbonyl (C=O) groups excluding carboxylic acids is 2. The van der Waals surface area contributed by atoms with E-state index in [-0.39, 0.29) is 17.2 Å². The summed E-state index contributed by atoms with van der Waals surface area (Å²) in [5, 5.41) is 5.25. The molecule has 0 aliphatic carbocycles. The number of nitrogen functional groups attached to an aromatic ring is 1. The highest BCUT2D eigenvalue weighted by molar-refractivity contribution is 6.08. The van der Waals surface area contributed by atoms with Gasteiger partial charge in [-0.15, -0.1) is 0 Å². The highest BCUT2D eigenvalue weighted by atomic mass is 19.1. The van der Waals surface area contributed by atoms with Crippen molar-refractivity contribution in [2.45, 2.75) is 6.92 Å². The first-order chi connectivity index (χ1) is 9.95. The number of carbonyl (C=O) groups is 2. The number of benzene rings is 2.